The summed E-state index contributed by atoms with van der Waals surface area (Å²) in [4.78, 5) is 15.3. The van der Waals surface area contributed by atoms with Crippen molar-refractivity contribution in [2.75, 3.05) is 38.2 Å². The molecule has 0 unspecified atom stereocenters. The third kappa shape index (κ3) is 5.07. The fourth-order valence-electron chi connectivity index (χ4n) is 4.39. The molecule has 172 valence electrons. The fraction of sp³-hybridized carbons (Fsp3) is 0.458. The van der Waals surface area contributed by atoms with E-state index in [4.69, 9.17) is 4.74 Å². The first-order valence-electron chi connectivity index (χ1n) is 11.2. The van der Waals surface area contributed by atoms with Gasteiger partial charge in [-0.1, -0.05) is 12.1 Å². The Hall–Kier alpha value is -2.58. The van der Waals surface area contributed by atoms with Crippen LogP contribution < -0.4 is 15.0 Å². The smallest absolute Gasteiger partial charge is 0.243 e. The van der Waals surface area contributed by atoms with Crippen molar-refractivity contribution >= 4 is 21.6 Å². The van der Waals surface area contributed by atoms with Gasteiger partial charge in [-0.05, 0) is 67.6 Å². The molecule has 2 aliphatic rings. The molecule has 2 saturated heterocycles. The minimum atomic E-state index is -3.56. The molecule has 32 heavy (non-hydrogen) atoms. The van der Waals surface area contributed by atoms with Crippen molar-refractivity contribution in [2.45, 2.75) is 37.1 Å². The average molecular weight is 458 g/mol. The Balaban J connectivity index is 1.26. The number of hydrogen-bond donors (Lipinski definition) is 1. The Kier molecular flexibility index (Phi) is 7.01. The molecule has 1 amide bonds. The van der Waals surface area contributed by atoms with Gasteiger partial charge in [0.05, 0.1) is 12.0 Å². The Morgan fingerprint density at radius 2 is 1.59 bits per heavy atom. The van der Waals surface area contributed by atoms with Crippen LogP contribution in [-0.4, -0.2) is 51.9 Å². The van der Waals surface area contributed by atoms with E-state index in [1.54, 1.807) is 31.4 Å². The highest BCUT2D eigenvalue weighted by atomic mass is 32.2. The highest BCUT2D eigenvalue weighted by molar-refractivity contribution is 7.89. The molecule has 2 aliphatic heterocycles. The van der Waals surface area contributed by atoms with E-state index in [0.29, 0.717) is 38.2 Å². The van der Waals surface area contributed by atoms with Crippen molar-refractivity contribution in [3.8, 4) is 5.75 Å². The van der Waals surface area contributed by atoms with E-state index in [1.165, 1.54) is 22.8 Å². The molecule has 0 aromatic heterocycles. The van der Waals surface area contributed by atoms with E-state index < -0.39 is 10.0 Å². The van der Waals surface area contributed by atoms with E-state index in [-0.39, 0.29) is 16.7 Å². The van der Waals surface area contributed by atoms with Gasteiger partial charge in [-0.2, -0.15) is 4.31 Å². The molecule has 0 saturated carbocycles. The van der Waals surface area contributed by atoms with E-state index in [9.17, 15) is 13.2 Å². The van der Waals surface area contributed by atoms with Gasteiger partial charge in [0.1, 0.15) is 5.75 Å². The van der Waals surface area contributed by atoms with Crippen LogP contribution in [0.25, 0.3) is 0 Å². The van der Waals surface area contributed by atoms with E-state index >= 15 is 0 Å². The van der Waals surface area contributed by atoms with Crippen molar-refractivity contribution in [2.24, 2.45) is 5.92 Å². The Morgan fingerprint density at radius 3 is 2.19 bits per heavy atom. The summed E-state index contributed by atoms with van der Waals surface area (Å²) in [6.07, 6.45) is 3.54. The van der Waals surface area contributed by atoms with Gasteiger partial charge < -0.3 is 15.0 Å². The van der Waals surface area contributed by atoms with Gasteiger partial charge >= 0.3 is 0 Å². The van der Waals surface area contributed by atoms with Gasteiger partial charge in [0.2, 0.25) is 15.9 Å². The molecular weight excluding hydrogens is 426 g/mol. The monoisotopic (exact) mass is 457 g/mol. The van der Waals surface area contributed by atoms with Crippen LogP contribution in [0.3, 0.4) is 0 Å². The van der Waals surface area contributed by atoms with Crippen LogP contribution in [0.4, 0.5) is 5.69 Å². The summed E-state index contributed by atoms with van der Waals surface area (Å²) in [5.74, 6) is 0.446. The third-order valence-electron chi connectivity index (χ3n) is 6.40. The molecule has 0 aliphatic carbocycles. The quantitative estimate of drug-likeness (QED) is 0.692. The first kappa shape index (κ1) is 22.6. The zero-order valence-electron chi connectivity index (χ0n) is 18.5. The lowest BCUT2D eigenvalue weighted by atomic mass is 9.97. The maximum absolute atomic E-state index is 12.9. The Bertz CT molecular complexity index is 1010. The number of amides is 1. The van der Waals surface area contributed by atoms with Gasteiger partial charge in [-0.3, -0.25) is 4.79 Å². The lowest BCUT2D eigenvalue weighted by Crippen LogP contribution is -2.42. The first-order valence-corrected chi connectivity index (χ1v) is 12.7. The summed E-state index contributed by atoms with van der Waals surface area (Å²) in [6.45, 7) is 3.41. The number of carbonyl (C=O) groups excluding carboxylic acids is 1. The van der Waals surface area contributed by atoms with E-state index in [1.807, 2.05) is 0 Å². The van der Waals surface area contributed by atoms with E-state index in [2.05, 4.69) is 34.5 Å². The maximum Gasteiger partial charge on any atom is 0.243 e. The number of piperidine rings is 1. The van der Waals surface area contributed by atoms with Crippen molar-refractivity contribution < 1.29 is 17.9 Å². The molecule has 8 heteroatoms. The second-order valence-corrected chi connectivity index (χ2v) is 10.4. The number of anilines is 1. The number of methoxy groups -OCH3 is 1. The first-order chi connectivity index (χ1) is 15.5. The molecule has 2 heterocycles. The summed E-state index contributed by atoms with van der Waals surface area (Å²) in [5, 5.41) is 3.02. The number of sulfonamides is 1. The van der Waals surface area contributed by atoms with Crippen LogP contribution in [0.5, 0.6) is 5.75 Å². The molecule has 0 bridgehead atoms. The van der Waals surface area contributed by atoms with Gasteiger partial charge in [-0.15, -0.1) is 0 Å². The fourth-order valence-corrected chi connectivity index (χ4v) is 5.86. The Morgan fingerprint density at radius 1 is 0.969 bits per heavy atom. The molecule has 2 aromatic carbocycles. The average Bonchev–Trinajstić information content (AvgIpc) is 3.38. The van der Waals surface area contributed by atoms with Crippen molar-refractivity contribution in [3.63, 3.8) is 0 Å². The van der Waals surface area contributed by atoms with Crippen LogP contribution in [0.1, 0.15) is 31.2 Å². The Labute approximate surface area is 190 Å². The summed E-state index contributed by atoms with van der Waals surface area (Å²) in [5.41, 5.74) is 2.31. The standard InChI is InChI=1S/C24H31N3O4S/c1-31-22-8-10-23(11-9-22)32(29,30)27-16-12-20(13-17-27)24(28)25-18-19-4-6-21(7-5-19)26-14-2-3-15-26/h4-11,20H,2-3,12-18H2,1H3,(H,25,28). The molecule has 2 fully saturated rings. The molecule has 0 atom stereocenters. The second-order valence-electron chi connectivity index (χ2n) is 8.43. The zero-order valence-corrected chi connectivity index (χ0v) is 19.3. The molecular formula is C24H31N3O4S. The molecule has 4 rings (SSSR count). The van der Waals surface area contributed by atoms with Gasteiger partial charge in [0.25, 0.3) is 0 Å². The van der Waals surface area contributed by atoms with Crippen molar-refractivity contribution in [1.29, 1.82) is 0 Å². The van der Waals surface area contributed by atoms with Crippen LogP contribution in [-0.2, 0) is 21.4 Å². The topological polar surface area (TPSA) is 79.0 Å². The molecule has 1 N–H and O–H groups in total. The van der Waals surface area contributed by atoms with Crippen LogP contribution in [0, 0.1) is 5.92 Å². The highest BCUT2D eigenvalue weighted by Gasteiger charge is 2.32. The van der Waals surface area contributed by atoms with Gasteiger partial charge in [0, 0.05) is 44.3 Å². The number of nitrogens with zero attached hydrogens (tertiary/aromatic N) is 2. The molecule has 7 nitrogen and oxygen atoms in total. The zero-order chi connectivity index (χ0) is 22.6. The minimum Gasteiger partial charge on any atom is -0.497 e. The predicted octanol–water partition coefficient (Wildman–Crippen LogP) is 3.01. The number of ether oxygens (including phenoxy) is 1. The van der Waals surface area contributed by atoms with Gasteiger partial charge in [-0.25, -0.2) is 8.42 Å². The number of rotatable bonds is 7. The minimum absolute atomic E-state index is 0.00452. The van der Waals surface area contributed by atoms with Crippen molar-refractivity contribution in [3.05, 3.63) is 54.1 Å². The van der Waals surface area contributed by atoms with Crippen LogP contribution in [0.2, 0.25) is 0 Å². The number of hydrogen-bond acceptors (Lipinski definition) is 5. The largest absolute Gasteiger partial charge is 0.497 e. The van der Waals surface area contributed by atoms with E-state index in [0.717, 1.165) is 18.7 Å². The number of benzene rings is 2. The lowest BCUT2D eigenvalue weighted by Gasteiger charge is -2.30. The van der Waals surface area contributed by atoms with Crippen molar-refractivity contribution in [1.82, 2.24) is 9.62 Å². The van der Waals surface area contributed by atoms with Gasteiger partial charge in [0.15, 0.2) is 0 Å². The number of carbonyl (C=O) groups is 1. The third-order valence-corrected chi connectivity index (χ3v) is 8.31. The highest BCUT2D eigenvalue weighted by Crippen LogP contribution is 2.25. The van der Waals surface area contributed by atoms with Crippen LogP contribution >= 0.6 is 0 Å². The summed E-state index contributed by atoms with van der Waals surface area (Å²) in [7, 11) is -2.02. The second kappa shape index (κ2) is 9.92. The summed E-state index contributed by atoms with van der Waals surface area (Å²) >= 11 is 0. The SMILES string of the molecule is COc1ccc(S(=O)(=O)N2CCC(C(=O)NCc3ccc(N4CCCC4)cc3)CC2)cc1. The summed E-state index contributed by atoms with van der Waals surface area (Å²) in [6, 6.07) is 14.8. The molecule has 0 spiro atoms. The molecule has 2 aromatic rings. The normalized spacial score (nSPS) is 18.0. The molecule has 0 radical (unpaired) electrons. The summed E-state index contributed by atoms with van der Waals surface area (Å²) < 4.78 is 32.3. The van der Waals surface area contributed by atoms with Crippen LogP contribution in [0.15, 0.2) is 53.4 Å². The maximum atomic E-state index is 12.9. The lowest BCUT2D eigenvalue weighted by molar-refractivity contribution is -0.126. The predicted molar refractivity (Wildman–Crippen MR) is 124 cm³/mol. The number of nitrogens with one attached hydrogen (secondary N) is 1.